The molecule has 248 valence electrons. The fraction of sp³-hybridized carbons (Fsp3) is 0.486. The van der Waals surface area contributed by atoms with Crippen LogP contribution in [0, 0.1) is 17.8 Å². The zero-order valence-corrected chi connectivity index (χ0v) is 27.6. The van der Waals surface area contributed by atoms with E-state index in [0.717, 1.165) is 5.56 Å². The molecule has 2 aromatic rings. The summed E-state index contributed by atoms with van der Waals surface area (Å²) in [5.41, 5.74) is 1.73. The number of carbonyl (C=O) groups excluding carboxylic acids is 4. The Hall–Kier alpha value is -3.89. The zero-order valence-electron chi connectivity index (χ0n) is 26.9. The molecule has 0 aromatic heterocycles. The normalized spacial score (nSPS) is 28.1. The minimum atomic E-state index is -1.14. The number of carbonyl (C=O) groups is 4. The van der Waals surface area contributed by atoms with E-state index in [1.54, 1.807) is 31.2 Å². The van der Waals surface area contributed by atoms with E-state index in [2.05, 4.69) is 10.6 Å². The van der Waals surface area contributed by atoms with Crippen LogP contribution in [-0.2, 0) is 39.8 Å². The van der Waals surface area contributed by atoms with Gasteiger partial charge in [-0.05, 0) is 35.8 Å². The molecule has 0 radical (unpaired) electrons. The first kappa shape index (κ1) is 35.0. The summed E-state index contributed by atoms with van der Waals surface area (Å²) in [6.07, 6.45) is 1.69. The first-order valence-electron chi connectivity index (χ1n) is 15.7. The molecule has 2 aliphatic rings. The van der Waals surface area contributed by atoms with Gasteiger partial charge in [0, 0.05) is 31.2 Å². The largest absolute Gasteiger partial charge is 0.495 e. The molecule has 0 bridgehead atoms. The lowest BCUT2D eigenvalue weighted by Gasteiger charge is -2.28. The van der Waals surface area contributed by atoms with Crippen LogP contribution in [-0.4, -0.2) is 61.8 Å². The molecule has 2 heterocycles. The standard InChI is InChI=1S/C35H43ClN2O8/c1-6-20(2)30-35(42)44-27(22(4)31-32(45-31)24-11-8-7-9-12-24)13-10-14-29(39)38-26(33(40)37-19-21(3)34(41)46-30)18-23-15-16-28(43-5)25(36)17-23/h7-12,14-17,20-22,26-27,30-32H,6,13,18-19H2,1-5H3,(H,37,40)(H,38,39)/b14-10+/t20?,21-,22+,26?,27?,30+,31-,32-/m1/s1. The number of nitrogens with one attached hydrogen (secondary N) is 2. The van der Waals surface area contributed by atoms with Gasteiger partial charge < -0.3 is 29.6 Å². The van der Waals surface area contributed by atoms with Crippen molar-refractivity contribution < 1.29 is 38.1 Å². The molecule has 2 N–H and O–H groups in total. The highest BCUT2D eigenvalue weighted by atomic mass is 35.5. The highest BCUT2D eigenvalue weighted by Crippen LogP contribution is 2.45. The van der Waals surface area contributed by atoms with E-state index in [4.69, 9.17) is 30.5 Å². The Bertz CT molecular complexity index is 1420. The van der Waals surface area contributed by atoms with Gasteiger partial charge in [-0.2, -0.15) is 0 Å². The van der Waals surface area contributed by atoms with Crippen molar-refractivity contribution in [2.24, 2.45) is 17.8 Å². The fourth-order valence-electron chi connectivity index (χ4n) is 5.36. The third-order valence-electron chi connectivity index (χ3n) is 8.57. The van der Waals surface area contributed by atoms with E-state index in [1.807, 2.05) is 51.1 Å². The van der Waals surface area contributed by atoms with Crippen molar-refractivity contribution in [3.05, 3.63) is 76.8 Å². The maximum atomic E-state index is 13.5. The molecule has 3 unspecified atom stereocenters. The van der Waals surface area contributed by atoms with Gasteiger partial charge in [-0.1, -0.05) is 81.8 Å². The number of benzene rings is 2. The van der Waals surface area contributed by atoms with Crippen molar-refractivity contribution in [2.45, 2.75) is 77.4 Å². The number of cyclic esters (lactones) is 2. The maximum Gasteiger partial charge on any atom is 0.348 e. The topological polar surface area (TPSA) is 133 Å². The van der Waals surface area contributed by atoms with Crippen LogP contribution in [0.25, 0.3) is 0 Å². The van der Waals surface area contributed by atoms with Crippen molar-refractivity contribution in [1.82, 2.24) is 10.6 Å². The highest BCUT2D eigenvalue weighted by molar-refractivity contribution is 6.32. The summed E-state index contributed by atoms with van der Waals surface area (Å²) in [6.45, 7) is 7.19. The summed E-state index contributed by atoms with van der Waals surface area (Å²) in [7, 11) is 1.51. The Morgan fingerprint density at radius 3 is 2.43 bits per heavy atom. The SMILES string of the molecule is CCC(C)[C@@H]1OC(=O)[C@H](C)CNC(=O)C(Cc2ccc(OC)c(Cl)c2)NC(=O)/C=C/CC([C@H](C)[C@H]2O[C@@H]2c2ccccc2)OC1=O. The average molecular weight is 655 g/mol. The van der Waals surface area contributed by atoms with Gasteiger partial charge in [0.2, 0.25) is 17.9 Å². The van der Waals surface area contributed by atoms with Gasteiger partial charge in [-0.3, -0.25) is 14.4 Å². The average Bonchev–Trinajstić information content (AvgIpc) is 3.85. The first-order chi connectivity index (χ1) is 22.0. The summed E-state index contributed by atoms with van der Waals surface area (Å²) in [5.74, 6) is -3.13. The summed E-state index contributed by atoms with van der Waals surface area (Å²) in [5, 5.41) is 5.86. The van der Waals surface area contributed by atoms with E-state index < -0.39 is 47.9 Å². The van der Waals surface area contributed by atoms with Gasteiger partial charge in [-0.15, -0.1) is 0 Å². The number of halogens is 1. The van der Waals surface area contributed by atoms with E-state index in [0.29, 0.717) is 22.8 Å². The molecule has 1 fully saturated rings. The van der Waals surface area contributed by atoms with Gasteiger partial charge in [0.1, 0.15) is 24.0 Å². The number of hydrogen-bond donors (Lipinski definition) is 2. The second kappa shape index (κ2) is 16.1. The molecule has 46 heavy (non-hydrogen) atoms. The zero-order chi connectivity index (χ0) is 33.4. The Kier molecular flexibility index (Phi) is 12.2. The monoisotopic (exact) mass is 654 g/mol. The van der Waals surface area contributed by atoms with Crippen LogP contribution >= 0.6 is 11.6 Å². The number of epoxide rings is 1. The fourth-order valence-corrected chi connectivity index (χ4v) is 5.64. The predicted octanol–water partition coefficient (Wildman–Crippen LogP) is 4.73. The number of rotatable bonds is 8. The quantitative estimate of drug-likeness (QED) is 0.308. The Labute approximate surface area is 275 Å². The third-order valence-corrected chi connectivity index (χ3v) is 8.87. The summed E-state index contributed by atoms with van der Waals surface area (Å²) >= 11 is 6.30. The van der Waals surface area contributed by atoms with Crippen LogP contribution in [0.3, 0.4) is 0 Å². The highest BCUT2D eigenvalue weighted by Gasteiger charge is 2.48. The lowest BCUT2D eigenvalue weighted by Crippen LogP contribution is -2.49. The number of ether oxygens (including phenoxy) is 4. The van der Waals surface area contributed by atoms with Crippen molar-refractivity contribution in [3.8, 4) is 5.75 Å². The number of amides is 2. The molecule has 2 aromatic carbocycles. The molecular formula is C35H43ClN2O8. The number of methoxy groups -OCH3 is 1. The smallest absolute Gasteiger partial charge is 0.348 e. The summed E-state index contributed by atoms with van der Waals surface area (Å²) in [4.78, 5) is 53.1. The predicted molar refractivity (Wildman–Crippen MR) is 172 cm³/mol. The molecule has 11 heteroatoms. The molecule has 0 spiro atoms. The molecule has 0 saturated carbocycles. The van der Waals surface area contributed by atoms with Crippen LogP contribution in [0.4, 0.5) is 0 Å². The molecule has 2 amide bonds. The van der Waals surface area contributed by atoms with Crippen LogP contribution in [0.2, 0.25) is 5.02 Å². The Morgan fingerprint density at radius 2 is 1.76 bits per heavy atom. The Morgan fingerprint density at radius 1 is 1.02 bits per heavy atom. The lowest BCUT2D eigenvalue weighted by atomic mass is 9.93. The van der Waals surface area contributed by atoms with Crippen LogP contribution in [0.5, 0.6) is 5.75 Å². The van der Waals surface area contributed by atoms with Gasteiger partial charge >= 0.3 is 11.9 Å². The molecule has 10 nitrogen and oxygen atoms in total. The molecule has 8 atom stereocenters. The van der Waals surface area contributed by atoms with Gasteiger partial charge in [-0.25, -0.2) is 4.79 Å². The van der Waals surface area contributed by atoms with E-state index in [-0.39, 0.29) is 43.4 Å². The summed E-state index contributed by atoms with van der Waals surface area (Å²) in [6, 6.07) is 13.9. The molecule has 1 saturated heterocycles. The molecule has 2 aliphatic heterocycles. The van der Waals surface area contributed by atoms with Crippen molar-refractivity contribution >= 4 is 35.4 Å². The van der Waals surface area contributed by atoms with Gasteiger partial charge in [0.05, 0.1) is 24.2 Å². The van der Waals surface area contributed by atoms with Crippen molar-refractivity contribution in [1.29, 1.82) is 0 Å². The minimum absolute atomic E-state index is 0.0644. The van der Waals surface area contributed by atoms with Gasteiger partial charge in [0.15, 0.2) is 0 Å². The van der Waals surface area contributed by atoms with Crippen molar-refractivity contribution in [3.63, 3.8) is 0 Å². The molecular weight excluding hydrogens is 612 g/mol. The molecule has 4 rings (SSSR count). The summed E-state index contributed by atoms with van der Waals surface area (Å²) < 4.78 is 23.0. The lowest BCUT2D eigenvalue weighted by molar-refractivity contribution is -0.179. The maximum absolute atomic E-state index is 13.5. The third kappa shape index (κ3) is 9.10. The number of esters is 2. The second-order valence-electron chi connectivity index (χ2n) is 12.0. The van der Waals surface area contributed by atoms with E-state index in [1.165, 1.54) is 13.2 Å². The minimum Gasteiger partial charge on any atom is -0.495 e. The van der Waals surface area contributed by atoms with E-state index >= 15 is 0 Å². The Balaban J connectivity index is 1.59. The van der Waals surface area contributed by atoms with Crippen LogP contribution < -0.4 is 15.4 Å². The number of hydrogen-bond acceptors (Lipinski definition) is 8. The van der Waals surface area contributed by atoms with Crippen LogP contribution in [0.15, 0.2) is 60.7 Å². The van der Waals surface area contributed by atoms with E-state index in [9.17, 15) is 19.2 Å². The van der Waals surface area contributed by atoms with Crippen LogP contribution in [0.1, 0.15) is 57.8 Å². The molecule has 0 aliphatic carbocycles. The first-order valence-corrected chi connectivity index (χ1v) is 16.1. The second-order valence-corrected chi connectivity index (χ2v) is 12.4. The van der Waals surface area contributed by atoms with Gasteiger partial charge in [0.25, 0.3) is 0 Å². The van der Waals surface area contributed by atoms with Crippen molar-refractivity contribution in [2.75, 3.05) is 13.7 Å².